The fourth-order valence-corrected chi connectivity index (χ4v) is 3.00. The first-order valence-corrected chi connectivity index (χ1v) is 8.95. The molecule has 0 amide bonds. The van der Waals surface area contributed by atoms with Gasteiger partial charge in [0.2, 0.25) is 0 Å². The Bertz CT molecular complexity index is 781. The summed E-state index contributed by atoms with van der Waals surface area (Å²) < 4.78 is 6.59. The van der Waals surface area contributed by atoms with Gasteiger partial charge in [-0.1, -0.05) is 58.3 Å². The van der Waals surface area contributed by atoms with Gasteiger partial charge in [0.05, 0.1) is 0 Å². The Morgan fingerprint density at radius 3 is 2.50 bits per heavy atom. The van der Waals surface area contributed by atoms with E-state index in [1.807, 2.05) is 31.2 Å². The van der Waals surface area contributed by atoms with Gasteiger partial charge in [-0.3, -0.25) is 0 Å². The molecule has 0 fully saturated rings. The minimum atomic E-state index is 0.509. The summed E-state index contributed by atoms with van der Waals surface area (Å²) in [6.45, 7) is 5.10. The SMILES string of the molecule is Cc1noc(-c2ccc(Br)cc2)c1NCCC(C)c1ccccc1. The molecule has 0 saturated heterocycles. The van der Waals surface area contributed by atoms with Gasteiger partial charge >= 0.3 is 0 Å². The van der Waals surface area contributed by atoms with E-state index in [4.69, 9.17) is 4.52 Å². The van der Waals surface area contributed by atoms with E-state index in [0.717, 1.165) is 40.1 Å². The third kappa shape index (κ3) is 3.88. The van der Waals surface area contributed by atoms with Crippen molar-refractivity contribution in [1.82, 2.24) is 5.16 Å². The molecule has 1 heterocycles. The molecule has 0 aliphatic carbocycles. The molecule has 0 saturated carbocycles. The Morgan fingerprint density at radius 2 is 1.79 bits per heavy atom. The number of aromatic nitrogens is 1. The maximum atomic E-state index is 5.54. The lowest BCUT2D eigenvalue weighted by atomic mass is 9.98. The second kappa shape index (κ2) is 7.67. The van der Waals surface area contributed by atoms with E-state index in [9.17, 15) is 0 Å². The van der Waals surface area contributed by atoms with Crippen LogP contribution in [-0.2, 0) is 0 Å². The van der Waals surface area contributed by atoms with Crippen LogP contribution in [-0.4, -0.2) is 11.7 Å². The monoisotopic (exact) mass is 384 g/mol. The first-order valence-electron chi connectivity index (χ1n) is 8.16. The Kier molecular flexibility index (Phi) is 5.36. The quantitative estimate of drug-likeness (QED) is 0.564. The summed E-state index contributed by atoms with van der Waals surface area (Å²) in [5.41, 5.74) is 4.27. The van der Waals surface area contributed by atoms with Crippen LogP contribution in [0.4, 0.5) is 5.69 Å². The van der Waals surface area contributed by atoms with E-state index < -0.39 is 0 Å². The zero-order valence-corrected chi connectivity index (χ0v) is 15.5. The molecule has 0 bridgehead atoms. The van der Waals surface area contributed by atoms with Crippen LogP contribution < -0.4 is 5.32 Å². The molecule has 1 aromatic heterocycles. The Balaban J connectivity index is 1.67. The molecule has 2 aromatic carbocycles. The van der Waals surface area contributed by atoms with E-state index >= 15 is 0 Å². The predicted octanol–water partition coefficient (Wildman–Crippen LogP) is 6.02. The summed E-state index contributed by atoms with van der Waals surface area (Å²) in [5, 5.41) is 7.63. The largest absolute Gasteiger partial charge is 0.380 e. The molecule has 1 N–H and O–H groups in total. The third-order valence-electron chi connectivity index (χ3n) is 4.22. The van der Waals surface area contributed by atoms with Crippen LogP contribution in [0.5, 0.6) is 0 Å². The van der Waals surface area contributed by atoms with E-state index in [0.29, 0.717) is 5.92 Å². The average molecular weight is 385 g/mol. The van der Waals surface area contributed by atoms with Crippen molar-refractivity contribution >= 4 is 21.6 Å². The predicted molar refractivity (Wildman–Crippen MR) is 102 cm³/mol. The number of nitrogens with one attached hydrogen (secondary N) is 1. The standard InChI is InChI=1S/C20H21BrN2O/c1-14(16-6-4-3-5-7-16)12-13-22-19-15(2)23-24-20(19)17-8-10-18(21)11-9-17/h3-11,14,22H,12-13H2,1-2H3. The van der Waals surface area contributed by atoms with Crippen molar-refractivity contribution in [3.8, 4) is 11.3 Å². The lowest BCUT2D eigenvalue weighted by Gasteiger charge is -2.13. The summed E-state index contributed by atoms with van der Waals surface area (Å²) in [5.74, 6) is 1.31. The molecule has 0 aliphatic heterocycles. The van der Waals surface area contributed by atoms with Gasteiger partial charge in [-0.05, 0) is 49.1 Å². The molecule has 1 atom stereocenters. The topological polar surface area (TPSA) is 38.1 Å². The van der Waals surface area contributed by atoms with Crippen molar-refractivity contribution in [1.29, 1.82) is 0 Å². The van der Waals surface area contributed by atoms with Crippen molar-refractivity contribution in [3.05, 3.63) is 70.3 Å². The van der Waals surface area contributed by atoms with Gasteiger partial charge < -0.3 is 9.84 Å². The molecule has 3 aromatic rings. The molecule has 124 valence electrons. The van der Waals surface area contributed by atoms with Crippen molar-refractivity contribution in [3.63, 3.8) is 0 Å². The summed E-state index contributed by atoms with van der Waals surface area (Å²) in [6, 6.07) is 18.7. The van der Waals surface area contributed by atoms with Crippen LogP contribution in [0.3, 0.4) is 0 Å². The number of rotatable bonds is 6. The van der Waals surface area contributed by atoms with Crippen LogP contribution >= 0.6 is 15.9 Å². The summed E-state index contributed by atoms with van der Waals surface area (Å²) in [4.78, 5) is 0. The Labute approximate surface area is 151 Å². The molecule has 0 spiro atoms. The van der Waals surface area contributed by atoms with E-state index in [-0.39, 0.29) is 0 Å². The van der Waals surface area contributed by atoms with E-state index in [1.54, 1.807) is 0 Å². The van der Waals surface area contributed by atoms with Crippen molar-refractivity contribution in [2.24, 2.45) is 0 Å². The number of hydrogen-bond acceptors (Lipinski definition) is 3. The second-order valence-electron chi connectivity index (χ2n) is 6.01. The maximum absolute atomic E-state index is 5.54. The molecule has 0 radical (unpaired) electrons. The highest BCUT2D eigenvalue weighted by Crippen LogP contribution is 2.32. The molecule has 0 aliphatic rings. The fraction of sp³-hybridized carbons (Fsp3) is 0.250. The van der Waals surface area contributed by atoms with Crippen LogP contribution in [0.1, 0.15) is 30.5 Å². The smallest absolute Gasteiger partial charge is 0.190 e. The normalized spacial score (nSPS) is 12.1. The minimum Gasteiger partial charge on any atom is -0.380 e. The highest BCUT2D eigenvalue weighted by Gasteiger charge is 2.15. The number of halogens is 1. The summed E-state index contributed by atoms with van der Waals surface area (Å²) >= 11 is 3.46. The van der Waals surface area contributed by atoms with Gasteiger partial charge in [0.15, 0.2) is 5.76 Å². The van der Waals surface area contributed by atoms with Crippen LogP contribution in [0.15, 0.2) is 63.6 Å². The van der Waals surface area contributed by atoms with Gasteiger partial charge in [0, 0.05) is 16.6 Å². The van der Waals surface area contributed by atoms with Gasteiger partial charge in [-0.25, -0.2) is 0 Å². The summed E-state index contributed by atoms with van der Waals surface area (Å²) in [7, 11) is 0. The minimum absolute atomic E-state index is 0.509. The first-order chi connectivity index (χ1) is 11.6. The highest BCUT2D eigenvalue weighted by molar-refractivity contribution is 9.10. The molecule has 3 rings (SSSR count). The summed E-state index contributed by atoms with van der Waals surface area (Å²) in [6.07, 6.45) is 1.05. The molecular weight excluding hydrogens is 364 g/mol. The molecular formula is C20H21BrN2O. The average Bonchev–Trinajstić information content (AvgIpc) is 2.97. The Hall–Kier alpha value is -2.07. The highest BCUT2D eigenvalue weighted by atomic mass is 79.9. The van der Waals surface area contributed by atoms with Gasteiger partial charge in [0.1, 0.15) is 11.4 Å². The molecule has 3 nitrogen and oxygen atoms in total. The molecule has 4 heteroatoms. The number of anilines is 1. The zero-order chi connectivity index (χ0) is 16.9. The van der Waals surface area contributed by atoms with Gasteiger partial charge in [-0.15, -0.1) is 0 Å². The number of hydrogen-bond donors (Lipinski definition) is 1. The lowest BCUT2D eigenvalue weighted by molar-refractivity contribution is 0.427. The first kappa shape index (κ1) is 16.8. The van der Waals surface area contributed by atoms with Crippen molar-refractivity contribution in [2.45, 2.75) is 26.2 Å². The van der Waals surface area contributed by atoms with Gasteiger partial charge in [-0.2, -0.15) is 0 Å². The number of benzene rings is 2. The van der Waals surface area contributed by atoms with Crippen LogP contribution in [0.2, 0.25) is 0 Å². The zero-order valence-electron chi connectivity index (χ0n) is 13.9. The molecule has 24 heavy (non-hydrogen) atoms. The van der Waals surface area contributed by atoms with Crippen LogP contribution in [0.25, 0.3) is 11.3 Å². The number of aryl methyl sites for hydroxylation is 1. The second-order valence-corrected chi connectivity index (χ2v) is 6.92. The van der Waals surface area contributed by atoms with E-state index in [1.165, 1.54) is 5.56 Å². The lowest BCUT2D eigenvalue weighted by Crippen LogP contribution is -2.07. The van der Waals surface area contributed by atoms with Gasteiger partial charge in [0.25, 0.3) is 0 Å². The van der Waals surface area contributed by atoms with Crippen molar-refractivity contribution in [2.75, 3.05) is 11.9 Å². The van der Waals surface area contributed by atoms with Crippen LogP contribution in [0, 0.1) is 6.92 Å². The van der Waals surface area contributed by atoms with Crippen molar-refractivity contribution < 1.29 is 4.52 Å². The molecule has 1 unspecified atom stereocenters. The van der Waals surface area contributed by atoms with E-state index in [2.05, 4.69) is 63.7 Å². The Morgan fingerprint density at radius 1 is 1.08 bits per heavy atom. The third-order valence-corrected chi connectivity index (χ3v) is 4.75. The maximum Gasteiger partial charge on any atom is 0.190 e. The number of nitrogens with zero attached hydrogens (tertiary/aromatic N) is 1. The fourth-order valence-electron chi connectivity index (χ4n) is 2.74.